The molecular formula is C9H15N5O3S. The standard InChI is InChI=1S/C9H15N5O3S/c1-2-11-9(15)7-3-4-8(14-13-7)12-5-6-18(10,16)17/h3-4H,2,5-6H2,1H3,(H,11,15)(H,12,14)(H2,10,16,17). The normalized spacial score (nSPS) is 11.0. The van der Waals surface area contributed by atoms with E-state index < -0.39 is 10.0 Å². The van der Waals surface area contributed by atoms with Gasteiger partial charge < -0.3 is 10.6 Å². The van der Waals surface area contributed by atoms with E-state index in [0.29, 0.717) is 12.4 Å². The molecule has 0 aromatic carbocycles. The molecule has 4 N–H and O–H groups in total. The zero-order chi connectivity index (χ0) is 13.6. The van der Waals surface area contributed by atoms with Crippen molar-refractivity contribution in [3.05, 3.63) is 17.8 Å². The molecule has 0 aliphatic heterocycles. The number of aromatic nitrogens is 2. The summed E-state index contributed by atoms with van der Waals surface area (Å²) in [6, 6.07) is 3.04. The molecule has 100 valence electrons. The van der Waals surface area contributed by atoms with Gasteiger partial charge in [-0.15, -0.1) is 10.2 Å². The Hall–Kier alpha value is -1.74. The second-order valence-electron chi connectivity index (χ2n) is 3.46. The van der Waals surface area contributed by atoms with Crippen LogP contribution in [0.25, 0.3) is 0 Å². The lowest BCUT2D eigenvalue weighted by molar-refractivity contribution is 0.0950. The lowest BCUT2D eigenvalue weighted by Gasteiger charge is -2.04. The Morgan fingerprint density at radius 3 is 2.61 bits per heavy atom. The molecule has 1 heterocycles. The number of hydrogen-bond acceptors (Lipinski definition) is 6. The first-order chi connectivity index (χ1) is 8.42. The number of nitrogens with zero attached hydrogens (tertiary/aromatic N) is 2. The number of sulfonamides is 1. The molecule has 0 atom stereocenters. The minimum atomic E-state index is -3.50. The number of anilines is 1. The van der Waals surface area contributed by atoms with E-state index >= 15 is 0 Å². The van der Waals surface area contributed by atoms with E-state index in [1.807, 2.05) is 0 Å². The van der Waals surface area contributed by atoms with Gasteiger partial charge in [0, 0.05) is 13.1 Å². The molecule has 8 nitrogen and oxygen atoms in total. The molecule has 0 aliphatic rings. The van der Waals surface area contributed by atoms with Gasteiger partial charge in [0.2, 0.25) is 10.0 Å². The van der Waals surface area contributed by atoms with Crippen molar-refractivity contribution in [3.8, 4) is 0 Å². The van der Waals surface area contributed by atoms with Crippen LogP contribution in [0, 0.1) is 0 Å². The first-order valence-electron chi connectivity index (χ1n) is 5.28. The fourth-order valence-corrected chi connectivity index (χ4v) is 1.51. The Morgan fingerprint density at radius 2 is 2.11 bits per heavy atom. The predicted octanol–water partition coefficient (Wildman–Crippen LogP) is -1.07. The summed E-state index contributed by atoms with van der Waals surface area (Å²) >= 11 is 0. The van der Waals surface area contributed by atoms with E-state index in [1.54, 1.807) is 13.0 Å². The van der Waals surface area contributed by atoms with Crippen LogP contribution in [0.2, 0.25) is 0 Å². The van der Waals surface area contributed by atoms with Crippen LogP contribution in [0.1, 0.15) is 17.4 Å². The lowest BCUT2D eigenvalue weighted by Crippen LogP contribution is -2.24. The molecule has 1 aromatic rings. The summed E-state index contributed by atoms with van der Waals surface area (Å²) in [7, 11) is -3.50. The van der Waals surface area contributed by atoms with Crippen molar-refractivity contribution < 1.29 is 13.2 Å². The van der Waals surface area contributed by atoms with Crippen molar-refractivity contribution in [1.82, 2.24) is 15.5 Å². The fourth-order valence-electron chi connectivity index (χ4n) is 1.12. The topological polar surface area (TPSA) is 127 Å². The van der Waals surface area contributed by atoms with Gasteiger partial charge in [0.1, 0.15) is 5.82 Å². The smallest absolute Gasteiger partial charge is 0.271 e. The molecule has 0 radical (unpaired) electrons. The van der Waals surface area contributed by atoms with Gasteiger partial charge in [0.25, 0.3) is 5.91 Å². The van der Waals surface area contributed by atoms with Crippen molar-refractivity contribution in [2.24, 2.45) is 5.14 Å². The highest BCUT2D eigenvalue weighted by molar-refractivity contribution is 7.89. The van der Waals surface area contributed by atoms with Crippen molar-refractivity contribution >= 4 is 21.7 Å². The maximum absolute atomic E-state index is 11.4. The quantitative estimate of drug-likeness (QED) is 0.605. The van der Waals surface area contributed by atoms with Crippen LogP contribution in [0.4, 0.5) is 5.82 Å². The summed E-state index contributed by atoms with van der Waals surface area (Å²) in [5, 5.41) is 17.6. The average molecular weight is 273 g/mol. The number of nitrogens with one attached hydrogen (secondary N) is 2. The molecule has 0 saturated carbocycles. The minimum absolute atomic E-state index is 0.133. The van der Waals surface area contributed by atoms with Crippen LogP contribution < -0.4 is 15.8 Å². The number of carbonyl (C=O) groups is 1. The molecule has 1 aromatic heterocycles. The average Bonchev–Trinajstić information content (AvgIpc) is 2.28. The van der Waals surface area contributed by atoms with E-state index in [-0.39, 0.29) is 23.9 Å². The molecular weight excluding hydrogens is 258 g/mol. The van der Waals surface area contributed by atoms with Gasteiger partial charge >= 0.3 is 0 Å². The maximum atomic E-state index is 11.4. The van der Waals surface area contributed by atoms with Crippen molar-refractivity contribution in [1.29, 1.82) is 0 Å². The summed E-state index contributed by atoms with van der Waals surface area (Å²) < 4.78 is 21.4. The first kappa shape index (κ1) is 14.3. The third-order valence-electron chi connectivity index (χ3n) is 1.93. The van der Waals surface area contributed by atoms with Gasteiger partial charge in [-0.05, 0) is 19.1 Å². The molecule has 0 unspecified atom stereocenters. The van der Waals surface area contributed by atoms with Crippen LogP contribution >= 0.6 is 0 Å². The van der Waals surface area contributed by atoms with Crippen LogP contribution in [-0.4, -0.2) is 43.4 Å². The minimum Gasteiger partial charge on any atom is -0.368 e. The van der Waals surface area contributed by atoms with E-state index in [2.05, 4.69) is 20.8 Å². The monoisotopic (exact) mass is 273 g/mol. The van der Waals surface area contributed by atoms with E-state index in [1.165, 1.54) is 6.07 Å². The van der Waals surface area contributed by atoms with E-state index in [4.69, 9.17) is 5.14 Å². The second-order valence-corrected chi connectivity index (χ2v) is 5.19. The lowest BCUT2D eigenvalue weighted by atomic mass is 10.3. The highest BCUT2D eigenvalue weighted by Crippen LogP contribution is 2.01. The molecule has 0 fully saturated rings. The van der Waals surface area contributed by atoms with Crippen LogP contribution in [0.3, 0.4) is 0 Å². The molecule has 1 amide bonds. The Bertz CT molecular complexity index is 499. The third kappa shape index (κ3) is 5.06. The van der Waals surface area contributed by atoms with Crippen LogP contribution in [0.15, 0.2) is 12.1 Å². The van der Waals surface area contributed by atoms with Gasteiger partial charge in [-0.1, -0.05) is 0 Å². The number of carbonyl (C=O) groups excluding carboxylic acids is 1. The van der Waals surface area contributed by atoms with Gasteiger partial charge in [-0.25, -0.2) is 13.6 Å². The number of nitrogens with two attached hydrogens (primary N) is 1. The van der Waals surface area contributed by atoms with Crippen molar-refractivity contribution in [3.63, 3.8) is 0 Å². The van der Waals surface area contributed by atoms with Crippen molar-refractivity contribution in [2.45, 2.75) is 6.92 Å². The highest BCUT2D eigenvalue weighted by Gasteiger charge is 2.07. The Morgan fingerprint density at radius 1 is 1.39 bits per heavy atom. The van der Waals surface area contributed by atoms with Gasteiger partial charge in [0.15, 0.2) is 5.69 Å². The van der Waals surface area contributed by atoms with Crippen LogP contribution in [-0.2, 0) is 10.0 Å². The SMILES string of the molecule is CCNC(=O)c1ccc(NCCS(N)(=O)=O)nn1. The highest BCUT2D eigenvalue weighted by atomic mass is 32.2. The molecule has 0 bridgehead atoms. The fraction of sp³-hybridized carbons (Fsp3) is 0.444. The summed E-state index contributed by atoms with van der Waals surface area (Å²) in [5.74, 6) is -0.125. The zero-order valence-electron chi connectivity index (χ0n) is 9.88. The molecule has 0 aliphatic carbocycles. The number of rotatable bonds is 6. The Kier molecular flexibility index (Phi) is 4.98. The van der Waals surface area contributed by atoms with Crippen LogP contribution in [0.5, 0.6) is 0 Å². The van der Waals surface area contributed by atoms with Gasteiger partial charge in [-0.2, -0.15) is 0 Å². The molecule has 9 heteroatoms. The Labute approximate surface area is 105 Å². The molecule has 1 rings (SSSR count). The second kappa shape index (κ2) is 6.26. The van der Waals surface area contributed by atoms with E-state index in [9.17, 15) is 13.2 Å². The van der Waals surface area contributed by atoms with Gasteiger partial charge in [-0.3, -0.25) is 4.79 Å². The predicted molar refractivity (Wildman–Crippen MR) is 66.5 cm³/mol. The number of primary sulfonamides is 1. The number of hydrogen-bond donors (Lipinski definition) is 3. The molecule has 18 heavy (non-hydrogen) atoms. The summed E-state index contributed by atoms with van der Waals surface area (Å²) in [6.45, 7) is 2.44. The largest absolute Gasteiger partial charge is 0.368 e. The van der Waals surface area contributed by atoms with Crippen molar-refractivity contribution in [2.75, 3.05) is 24.2 Å². The third-order valence-corrected chi connectivity index (χ3v) is 2.70. The van der Waals surface area contributed by atoms with E-state index in [0.717, 1.165) is 0 Å². The summed E-state index contributed by atoms with van der Waals surface area (Å²) in [4.78, 5) is 11.4. The maximum Gasteiger partial charge on any atom is 0.271 e. The first-order valence-corrected chi connectivity index (χ1v) is 7.00. The summed E-state index contributed by atoms with van der Waals surface area (Å²) in [6.07, 6.45) is 0. The summed E-state index contributed by atoms with van der Waals surface area (Å²) in [5.41, 5.74) is 0.203. The number of amides is 1. The van der Waals surface area contributed by atoms with Gasteiger partial charge in [0.05, 0.1) is 5.75 Å². The zero-order valence-corrected chi connectivity index (χ0v) is 10.7. The molecule has 0 spiro atoms. The molecule has 0 saturated heterocycles. The Balaban J connectivity index is 2.53.